The summed E-state index contributed by atoms with van der Waals surface area (Å²) in [4.78, 5) is 0. The van der Waals surface area contributed by atoms with Crippen molar-refractivity contribution >= 4 is 5.69 Å². The quantitative estimate of drug-likeness (QED) is 0.570. The number of phenols is 1. The van der Waals surface area contributed by atoms with E-state index in [1.54, 1.807) is 6.07 Å². The lowest BCUT2D eigenvalue weighted by Crippen LogP contribution is -2.34. The van der Waals surface area contributed by atoms with Crippen LogP contribution in [0.4, 0.5) is 5.69 Å². The summed E-state index contributed by atoms with van der Waals surface area (Å²) >= 11 is 0. The zero-order valence-corrected chi connectivity index (χ0v) is 15.6. The lowest BCUT2D eigenvalue weighted by molar-refractivity contribution is 0.438. The smallest absolute Gasteiger partial charge is 0.139 e. The van der Waals surface area contributed by atoms with Crippen molar-refractivity contribution in [3.05, 3.63) is 94.5 Å². The van der Waals surface area contributed by atoms with Crippen LogP contribution in [0.5, 0.6) is 5.75 Å². The van der Waals surface area contributed by atoms with Gasteiger partial charge < -0.3 is 10.4 Å². The van der Waals surface area contributed by atoms with Gasteiger partial charge in [-0.05, 0) is 54.2 Å². The van der Waals surface area contributed by atoms with Crippen molar-refractivity contribution in [1.82, 2.24) is 0 Å². The highest BCUT2D eigenvalue weighted by Gasteiger charge is 2.39. The van der Waals surface area contributed by atoms with Crippen LogP contribution in [-0.2, 0) is 5.41 Å². The van der Waals surface area contributed by atoms with Gasteiger partial charge in [0.2, 0.25) is 0 Å². The topological polar surface area (TPSA) is 32.3 Å². The van der Waals surface area contributed by atoms with Crippen molar-refractivity contribution in [2.75, 3.05) is 5.32 Å². The number of hydrogen-bond acceptors (Lipinski definition) is 2. The van der Waals surface area contributed by atoms with E-state index in [1.165, 1.54) is 22.3 Å². The van der Waals surface area contributed by atoms with E-state index in [9.17, 15) is 5.11 Å². The molecule has 0 saturated heterocycles. The highest BCUT2D eigenvalue weighted by molar-refractivity contribution is 5.68. The summed E-state index contributed by atoms with van der Waals surface area (Å²) in [5.74, 6) is 0.318. The molecule has 0 unspecified atom stereocenters. The Bertz CT molecular complexity index is 948. The molecule has 4 rings (SSSR count). The summed E-state index contributed by atoms with van der Waals surface area (Å²) in [5.41, 5.74) is 7.01. The van der Waals surface area contributed by atoms with Gasteiger partial charge in [-0.1, -0.05) is 67.6 Å². The van der Waals surface area contributed by atoms with Gasteiger partial charge in [0, 0.05) is 5.41 Å². The Morgan fingerprint density at radius 3 is 2.42 bits per heavy atom. The molecule has 3 aromatic rings. The molecule has 2 atom stereocenters. The number of anilines is 1. The van der Waals surface area contributed by atoms with E-state index >= 15 is 0 Å². The number of benzene rings is 3. The van der Waals surface area contributed by atoms with Gasteiger partial charge in [0.1, 0.15) is 5.75 Å². The number of rotatable bonds is 2. The average Bonchev–Trinajstić information content (AvgIpc) is 2.65. The molecule has 0 spiro atoms. The Morgan fingerprint density at radius 2 is 1.69 bits per heavy atom. The van der Waals surface area contributed by atoms with Crippen molar-refractivity contribution in [3.8, 4) is 5.75 Å². The van der Waals surface area contributed by atoms with Gasteiger partial charge >= 0.3 is 0 Å². The molecule has 26 heavy (non-hydrogen) atoms. The summed E-state index contributed by atoms with van der Waals surface area (Å²) < 4.78 is 0. The second-order valence-electron chi connectivity index (χ2n) is 7.64. The van der Waals surface area contributed by atoms with E-state index < -0.39 is 0 Å². The highest BCUT2D eigenvalue weighted by Crippen LogP contribution is 2.50. The van der Waals surface area contributed by atoms with Crippen LogP contribution in [0.25, 0.3) is 0 Å². The lowest BCUT2D eigenvalue weighted by Gasteiger charge is -2.42. The summed E-state index contributed by atoms with van der Waals surface area (Å²) in [7, 11) is 0. The molecule has 2 heteroatoms. The minimum Gasteiger partial charge on any atom is -0.506 e. The van der Waals surface area contributed by atoms with Gasteiger partial charge in [0.05, 0.1) is 11.7 Å². The van der Waals surface area contributed by atoms with Gasteiger partial charge in [-0.25, -0.2) is 0 Å². The predicted octanol–water partition coefficient (Wildman–Crippen LogP) is 5.87. The normalized spacial score (nSPS) is 21.7. The van der Waals surface area contributed by atoms with Crippen LogP contribution < -0.4 is 5.32 Å². The Kier molecular flexibility index (Phi) is 3.99. The zero-order chi connectivity index (χ0) is 18.3. The van der Waals surface area contributed by atoms with E-state index in [4.69, 9.17) is 0 Å². The Labute approximate surface area is 155 Å². The van der Waals surface area contributed by atoms with Crippen molar-refractivity contribution in [2.24, 2.45) is 0 Å². The van der Waals surface area contributed by atoms with E-state index in [-0.39, 0.29) is 11.5 Å². The molecule has 1 aliphatic rings. The van der Waals surface area contributed by atoms with Gasteiger partial charge in [-0.15, -0.1) is 0 Å². The van der Waals surface area contributed by atoms with Crippen LogP contribution in [0.15, 0.2) is 66.7 Å². The summed E-state index contributed by atoms with van der Waals surface area (Å²) in [6.45, 7) is 6.61. The minimum atomic E-state index is -0.168. The van der Waals surface area contributed by atoms with Crippen LogP contribution in [0.3, 0.4) is 0 Å². The Hall–Kier alpha value is -2.74. The fraction of sp³-hybridized carbons (Fsp3) is 0.250. The van der Waals surface area contributed by atoms with Gasteiger partial charge in [-0.2, -0.15) is 0 Å². The highest BCUT2D eigenvalue weighted by atomic mass is 16.3. The molecular formula is C24H25NO. The molecule has 3 aromatic carbocycles. The monoisotopic (exact) mass is 343 g/mol. The van der Waals surface area contributed by atoms with Gasteiger partial charge in [-0.3, -0.25) is 0 Å². The summed E-state index contributed by atoms with van der Waals surface area (Å²) in [6.07, 6.45) is 0.940. The number of aromatic hydroxyl groups is 1. The number of para-hydroxylation sites is 1. The van der Waals surface area contributed by atoms with E-state index in [2.05, 4.69) is 74.6 Å². The largest absolute Gasteiger partial charge is 0.506 e. The Morgan fingerprint density at radius 1 is 0.923 bits per heavy atom. The minimum absolute atomic E-state index is 0.156. The number of aryl methyl sites for hydroxylation is 2. The molecule has 0 amide bonds. The van der Waals surface area contributed by atoms with E-state index in [0.717, 1.165) is 17.7 Å². The van der Waals surface area contributed by atoms with Crippen molar-refractivity contribution in [1.29, 1.82) is 0 Å². The first-order valence-electron chi connectivity index (χ1n) is 9.21. The maximum absolute atomic E-state index is 10.5. The number of hydrogen-bond donors (Lipinski definition) is 2. The van der Waals surface area contributed by atoms with Crippen molar-refractivity contribution in [3.63, 3.8) is 0 Å². The second kappa shape index (κ2) is 6.21. The van der Waals surface area contributed by atoms with Crippen LogP contribution in [0.1, 0.15) is 47.2 Å². The molecule has 0 aliphatic carbocycles. The number of nitrogens with one attached hydrogen (secondary N) is 1. The van der Waals surface area contributed by atoms with Crippen LogP contribution in [-0.4, -0.2) is 5.11 Å². The first-order valence-corrected chi connectivity index (χ1v) is 9.21. The maximum atomic E-state index is 10.5. The Balaban J connectivity index is 1.89. The SMILES string of the molecule is Cc1ccc([C@]2(C)C[C@@H](c3ccccc3)Nc3c(O)cccc32)cc1C. The first-order chi connectivity index (χ1) is 12.5. The fourth-order valence-corrected chi connectivity index (χ4v) is 4.14. The van der Waals surface area contributed by atoms with Crippen molar-refractivity contribution in [2.45, 2.75) is 38.6 Å². The molecular weight excluding hydrogens is 318 g/mol. The second-order valence-corrected chi connectivity index (χ2v) is 7.64. The van der Waals surface area contributed by atoms with E-state index in [0.29, 0.717) is 5.75 Å². The molecule has 1 aliphatic heterocycles. The third kappa shape index (κ3) is 2.66. The third-order valence-corrected chi connectivity index (χ3v) is 5.91. The van der Waals surface area contributed by atoms with Crippen LogP contribution >= 0.6 is 0 Å². The zero-order valence-electron chi connectivity index (χ0n) is 15.6. The summed E-state index contributed by atoms with van der Waals surface area (Å²) in [5, 5.41) is 14.1. The average molecular weight is 343 g/mol. The number of phenolic OH excluding ortho intramolecular Hbond substituents is 1. The van der Waals surface area contributed by atoms with Crippen LogP contribution in [0.2, 0.25) is 0 Å². The standard InChI is InChI=1S/C24H25NO/c1-16-12-13-19(14-17(16)2)24(3)15-21(18-8-5-4-6-9-18)25-23-20(24)10-7-11-22(23)26/h4-14,21,25-26H,15H2,1-3H3/t21-,24-/m0/s1. The lowest BCUT2D eigenvalue weighted by atomic mass is 9.68. The summed E-state index contributed by atoms with van der Waals surface area (Å²) in [6, 6.07) is 23.3. The van der Waals surface area contributed by atoms with Crippen molar-refractivity contribution < 1.29 is 5.11 Å². The molecule has 1 heterocycles. The maximum Gasteiger partial charge on any atom is 0.139 e. The molecule has 132 valence electrons. The first kappa shape index (κ1) is 16.7. The molecule has 2 N–H and O–H groups in total. The molecule has 0 fully saturated rings. The van der Waals surface area contributed by atoms with Crippen LogP contribution in [0, 0.1) is 13.8 Å². The molecule has 0 aromatic heterocycles. The predicted molar refractivity (Wildman–Crippen MR) is 108 cm³/mol. The van der Waals surface area contributed by atoms with E-state index in [1.807, 2.05) is 12.1 Å². The third-order valence-electron chi connectivity index (χ3n) is 5.91. The molecule has 0 radical (unpaired) electrons. The molecule has 0 saturated carbocycles. The number of fused-ring (bicyclic) bond motifs is 1. The van der Waals surface area contributed by atoms with Gasteiger partial charge in [0.15, 0.2) is 0 Å². The molecule has 0 bridgehead atoms. The fourth-order valence-electron chi connectivity index (χ4n) is 4.14. The molecule has 2 nitrogen and oxygen atoms in total. The van der Waals surface area contributed by atoms with Gasteiger partial charge in [0.25, 0.3) is 0 Å².